The Hall–Kier alpha value is -7.54. The summed E-state index contributed by atoms with van der Waals surface area (Å²) in [7, 11) is 0. The van der Waals surface area contributed by atoms with Crippen molar-refractivity contribution < 1.29 is 45.4 Å². The lowest BCUT2D eigenvalue weighted by atomic mass is 10.1. The molecule has 4 aliphatic heterocycles. The number of likely N-dealkylation sites (tertiary alicyclic amines) is 1. The van der Waals surface area contributed by atoms with Gasteiger partial charge in [0.1, 0.15) is 30.2 Å². The number of nitrogens with one attached hydrogen (secondary N) is 3. The number of aromatic amines is 2. The van der Waals surface area contributed by atoms with Crippen LogP contribution in [0.25, 0.3) is 21.8 Å². The summed E-state index contributed by atoms with van der Waals surface area (Å²) in [5, 5.41) is 25.7. The summed E-state index contributed by atoms with van der Waals surface area (Å²) < 4.78 is 93.2. The number of benzene rings is 2. The van der Waals surface area contributed by atoms with E-state index in [2.05, 4.69) is 50.9 Å². The van der Waals surface area contributed by atoms with Crippen LogP contribution >= 0.6 is 13.5 Å². The van der Waals surface area contributed by atoms with Crippen molar-refractivity contribution in [2.24, 2.45) is 10.2 Å². The van der Waals surface area contributed by atoms with Crippen molar-refractivity contribution in [3.8, 4) is 11.5 Å². The van der Waals surface area contributed by atoms with E-state index in [0.29, 0.717) is 42.6 Å². The lowest BCUT2D eigenvalue weighted by molar-refractivity contribution is 0.0258. The Kier molecular flexibility index (Phi) is 13.2. The predicted octanol–water partition coefficient (Wildman–Crippen LogP) is 6.11. The average Bonchev–Trinajstić information content (AvgIpc) is 4.14. The second kappa shape index (κ2) is 19.3. The number of rotatable bonds is 6. The van der Waals surface area contributed by atoms with E-state index >= 15 is 0 Å². The Morgan fingerprint density at radius 3 is 1.62 bits per heavy atom. The first kappa shape index (κ1) is 45.0. The summed E-state index contributed by atoms with van der Waals surface area (Å²) in [6.45, 7) is 1.86. The third-order valence-corrected chi connectivity index (χ3v) is 10.6. The minimum absolute atomic E-state index is 0. The highest BCUT2D eigenvalue weighted by atomic mass is 32.1. The summed E-state index contributed by atoms with van der Waals surface area (Å²) in [6.07, 6.45) is 13.5. The molecule has 11 rings (SSSR count). The van der Waals surface area contributed by atoms with Gasteiger partial charge in [0.05, 0.1) is 59.4 Å². The molecule has 1 unspecified atom stereocenters. The van der Waals surface area contributed by atoms with E-state index in [1.807, 2.05) is 0 Å². The van der Waals surface area contributed by atoms with Crippen LogP contribution in [0.15, 0.2) is 90.1 Å². The third kappa shape index (κ3) is 9.46. The highest BCUT2D eigenvalue weighted by molar-refractivity contribution is 7.59. The number of nitrogens with zero attached hydrogens (tertiary/aromatic N) is 11. The first-order valence-electron chi connectivity index (χ1n) is 19.8. The Bertz CT molecular complexity index is 2930. The summed E-state index contributed by atoms with van der Waals surface area (Å²) in [6, 6.07) is 6.05. The summed E-state index contributed by atoms with van der Waals surface area (Å²) in [5.74, 6) is -3.50. The number of aromatic nitrogens is 8. The Balaban J connectivity index is 0.000000142. The average molecular weight is 935 g/mol. The summed E-state index contributed by atoms with van der Waals surface area (Å²) in [4.78, 5) is 37.9. The molecule has 0 bridgehead atoms. The highest BCUT2D eigenvalue weighted by Gasteiger charge is 2.39. The molecule has 3 N–H and O–H groups in total. The molecular weight excluding hydrogens is 899 g/mol. The van der Waals surface area contributed by atoms with Gasteiger partial charge in [0.15, 0.2) is 23.1 Å². The maximum atomic E-state index is 14.2. The van der Waals surface area contributed by atoms with Gasteiger partial charge in [-0.2, -0.15) is 42.7 Å². The number of H-pyrrole nitrogens is 2. The van der Waals surface area contributed by atoms with Crippen LogP contribution in [0, 0.1) is 35.2 Å². The zero-order valence-electron chi connectivity index (χ0n) is 34.0. The number of carbonyl (C=O) groups excluding carboxylic acids is 2. The van der Waals surface area contributed by atoms with E-state index in [1.54, 1.807) is 12.4 Å². The van der Waals surface area contributed by atoms with Crippen LogP contribution in [0.1, 0.15) is 36.1 Å². The topological polar surface area (TPSA) is 200 Å². The monoisotopic (exact) mass is 934 g/mol. The number of hydrazone groups is 2. The highest BCUT2D eigenvalue weighted by Crippen LogP contribution is 2.33. The van der Waals surface area contributed by atoms with Gasteiger partial charge in [-0.05, 0) is 35.4 Å². The van der Waals surface area contributed by atoms with Gasteiger partial charge >= 0.3 is 12.1 Å². The van der Waals surface area contributed by atoms with Gasteiger partial charge in [-0.3, -0.25) is 24.7 Å². The van der Waals surface area contributed by atoms with E-state index in [4.69, 9.17) is 9.47 Å². The molecule has 25 heteroatoms. The van der Waals surface area contributed by atoms with Crippen LogP contribution in [0.5, 0.6) is 11.5 Å². The van der Waals surface area contributed by atoms with Crippen molar-refractivity contribution in [2.45, 2.75) is 37.1 Å². The minimum atomic E-state index is -0.718. The zero-order valence-corrected chi connectivity index (χ0v) is 35.0. The van der Waals surface area contributed by atoms with Gasteiger partial charge in [0.25, 0.3) is 0 Å². The largest absolute Gasteiger partial charge is 0.485 e. The number of ether oxygens (including phenoxy) is 2. The van der Waals surface area contributed by atoms with Gasteiger partial charge in [0.2, 0.25) is 11.9 Å². The predicted molar refractivity (Wildman–Crippen MR) is 228 cm³/mol. The number of fused-ring (bicyclic) bond motifs is 2. The van der Waals surface area contributed by atoms with Crippen LogP contribution in [0.4, 0.5) is 35.9 Å². The maximum absolute atomic E-state index is 14.2. The van der Waals surface area contributed by atoms with Crippen molar-refractivity contribution in [2.75, 3.05) is 26.2 Å². The molecule has 7 aromatic rings. The third-order valence-electron chi connectivity index (χ3n) is 10.6. The molecule has 4 aliphatic rings. The second-order valence-electron chi connectivity index (χ2n) is 14.9. The van der Waals surface area contributed by atoms with E-state index < -0.39 is 47.3 Å². The van der Waals surface area contributed by atoms with Gasteiger partial charge in [0, 0.05) is 75.3 Å². The van der Waals surface area contributed by atoms with Gasteiger partial charge in [-0.25, -0.2) is 42.2 Å². The Morgan fingerprint density at radius 2 is 1.15 bits per heavy atom. The normalized spacial score (nSPS) is 17.7. The number of urea groups is 1. The molecule has 9 heterocycles. The van der Waals surface area contributed by atoms with E-state index in [1.165, 1.54) is 74.9 Å². The second-order valence-corrected chi connectivity index (χ2v) is 14.9. The lowest BCUT2D eigenvalue weighted by Gasteiger charge is -2.41. The van der Waals surface area contributed by atoms with Crippen LogP contribution in [-0.4, -0.2) is 118 Å². The number of halogens is 6. The zero-order chi connectivity index (χ0) is 45.2. The Morgan fingerprint density at radius 1 is 0.636 bits per heavy atom. The fraction of sp³-hybridized carbons (Fsp3) is 0.244. The number of hydrogen-bond donors (Lipinski definition) is 3. The molecule has 2 fully saturated rings. The molecule has 0 aliphatic carbocycles. The van der Waals surface area contributed by atoms with Crippen LogP contribution in [-0.2, 0) is 0 Å². The van der Waals surface area contributed by atoms with E-state index in [9.17, 15) is 35.9 Å². The van der Waals surface area contributed by atoms with Crippen LogP contribution in [0.3, 0.4) is 0 Å². The molecule has 2 aromatic carbocycles. The molecule has 5 aromatic heterocycles. The molecule has 0 radical (unpaired) electrons. The number of pyridine rings is 2. The smallest absolute Gasteiger partial charge is 0.350 e. The molecule has 66 heavy (non-hydrogen) atoms. The lowest BCUT2D eigenvalue weighted by Crippen LogP contribution is -2.58. The van der Waals surface area contributed by atoms with Crippen molar-refractivity contribution in [3.05, 3.63) is 126 Å². The molecule has 2 saturated heterocycles. The SMILES string of the molecule is Fc1cc2c(F)[nH]nc2cc1OC1CNC1.O=C(N1CC(Oc2cc3n[nH]c(F)c3cc2F)C1)N1N=CCC1c1cncc(F)c1.O=C(N1N=CC[C@H]1c1cncc(F)c1)n1ccnc1.S. The first-order valence-corrected chi connectivity index (χ1v) is 19.8. The van der Waals surface area contributed by atoms with E-state index in [0.717, 1.165) is 24.5 Å². The van der Waals surface area contributed by atoms with E-state index in [-0.39, 0.29) is 78.6 Å². The molecule has 342 valence electrons. The number of amides is 3. The van der Waals surface area contributed by atoms with Crippen molar-refractivity contribution in [1.29, 1.82) is 0 Å². The quantitative estimate of drug-likeness (QED) is 0.164. The van der Waals surface area contributed by atoms with Crippen LogP contribution < -0.4 is 14.8 Å². The summed E-state index contributed by atoms with van der Waals surface area (Å²) >= 11 is 0. The first-order chi connectivity index (χ1) is 31.5. The van der Waals surface area contributed by atoms with Crippen molar-refractivity contribution >= 4 is 59.8 Å². The number of hydrogen-bond acceptors (Lipinski definition) is 12. The standard InChI is InChI=1S/C19H15F3N6O2.C12H10FN5O.C10H9F2N3O.H2S/c20-11-3-10(6-23-7-11)16-1-2-24-28(16)19(29)27-8-12(9-27)30-17-5-15-13(4-14(17)21)18(22)26-25-15;13-10-5-9(6-15-7-10)11-1-2-16-18(11)12(19)17-4-3-14-8-17;11-7-1-6-8(14-15-10(6)12)2-9(7)16-5-3-13-4-5;/h2-7,12,16H,1,8-9H2,(H,25,26);2-8,11H,1H2;1-2,5,13H,3-4H2,(H,14,15);1H2/t;11-;;/m.0../s1. The van der Waals surface area contributed by atoms with Gasteiger partial charge < -0.3 is 19.7 Å². The van der Waals surface area contributed by atoms with Gasteiger partial charge in [-0.15, -0.1) is 0 Å². The number of carbonyl (C=O) groups is 2. The van der Waals surface area contributed by atoms with Crippen molar-refractivity contribution in [3.63, 3.8) is 0 Å². The molecule has 2 atom stereocenters. The number of imidazole rings is 1. The fourth-order valence-electron chi connectivity index (χ4n) is 7.12. The van der Waals surface area contributed by atoms with Crippen LogP contribution in [0.2, 0.25) is 0 Å². The van der Waals surface area contributed by atoms with Gasteiger partial charge in [-0.1, -0.05) is 0 Å². The minimum Gasteiger partial charge on any atom is -0.485 e. The van der Waals surface area contributed by atoms with Crippen molar-refractivity contribution in [1.82, 2.24) is 60.1 Å². The molecule has 18 nitrogen and oxygen atoms in total. The molecular formula is C41H36F6N14O4S. The molecule has 0 saturated carbocycles. The maximum Gasteiger partial charge on any atom is 0.350 e. The molecule has 0 spiro atoms. The molecule has 3 amide bonds. The Labute approximate surface area is 375 Å². The fourth-order valence-corrected chi connectivity index (χ4v) is 7.12. The summed E-state index contributed by atoms with van der Waals surface area (Å²) in [5.41, 5.74) is 1.78.